The molecule has 0 aromatic carbocycles. The average Bonchev–Trinajstić information content (AvgIpc) is 3.02. The van der Waals surface area contributed by atoms with Crippen molar-refractivity contribution >= 4 is 23.3 Å². The van der Waals surface area contributed by atoms with Crippen LogP contribution in [-0.4, -0.2) is 75.3 Å². The molecule has 0 spiro atoms. The number of hydrogen-bond donors (Lipinski definition) is 2. The monoisotopic (exact) mass is 383 g/mol. The second-order valence-electron chi connectivity index (χ2n) is 5.36. The first-order valence-corrected chi connectivity index (χ1v) is 8.45. The van der Waals surface area contributed by atoms with Crippen LogP contribution in [0.1, 0.15) is 19.0 Å². The summed E-state index contributed by atoms with van der Waals surface area (Å²) in [6.07, 6.45) is -4.42. The number of carboxylic acid groups (broad SMARTS) is 2. The number of carbonyl (C=O) groups is 2. The zero-order valence-corrected chi connectivity index (χ0v) is 14.4. The van der Waals surface area contributed by atoms with Crippen LogP contribution < -0.4 is 0 Å². The third-order valence-corrected chi connectivity index (χ3v) is 4.27. The number of aromatic nitrogens is 1. The molecule has 1 saturated heterocycles. The lowest BCUT2D eigenvalue weighted by atomic mass is 10.1. The fourth-order valence-electron chi connectivity index (χ4n) is 2.37. The number of rotatable bonds is 5. The van der Waals surface area contributed by atoms with Crippen molar-refractivity contribution < 1.29 is 33.0 Å². The van der Waals surface area contributed by atoms with Gasteiger partial charge in [-0.05, 0) is 6.42 Å². The summed E-state index contributed by atoms with van der Waals surface area (Å²) in [4.78, 5) is 28.7. The highest BCUT2D eigenvalue weighted by Crippen LogP contribution is 2.13. The van der Waals surface area contributed by atoms with E-state index in [-0.39, 0.29) is 6.04 Å². The van der Waals surface area contributed by atoms with Crippen LogP contribution in [0.5, 0.6) is 0 Å². The van der Waals surface area contributed by atoms with Crippen LogP contribution in [0.15, 0.2) is 10.9 Å². The molecule has 2 N–H and O–H groups in total. The summed E-state index contributed by atoms with van der Waals surface area (Å²) in [6.45, 7) is 6.30. The fourth-order valence-corrected chi connectivity index (χ4v) is 2.92. The Morgan fingerprint density at radius 1 is 1.28 bits per heavy atom. The van der Waals surface area contributed by atoms with Gasteiger partial charge in [-0.25, -0.2) is 9.78 Å². The van der Waals surface area contributed by atoms with E-state index >= 15 is 0 Å². The first-order chi connectivity index (χ1) is 11.6. The Balaban J connectivity index is 0.000000381. The molecule has 1 aliphatic rings. The normalized spacial score (nSPS) is 17.4. The number of carboxylic acids is 2. The van der Waals surface area contributed by atoms with Crippen LogP contribution >= 0.6 is 11.3 Å². The molecule has 1 aromatic heterocycles. The van der Waals surface area contributed by atoms with Crippen molar-refractivity contribution in [3.8, 4) is 0 Å². The molecule has 1 atom stereocenters. The first kappa shape index (κ1) is 21.3. The van der Waals surface area contributed by atoms with Crippen molar-refractivity contribution in [2.75, 3.05) is 26.2 Å². The predicted octanol–water partition coefficient (Wildman–Crippen LogP) is 1.76. The molecule has 1 unspecified atom stereocenters. The lowest BCUT2D eigenvalue weighted by Gasteiger charge is -2.37. The Labute approximate surface area is 146 Å². The van der Waals surface area contributed by atoms with Gasteiger partial charge in [-0.2, -0.15) is 13.2 Å². The van der Waals surface area contributed by atoms with E-state index in [9.17, 15) is 18.0 Å². The minimum absolute atomic E-state index is 0.327. The summed E-state index contributed by atoms with van der Waals surface area (Å²) in [5.74, 6) is -3.46. The van der Waals surface area contributed by atoms with Gasteiger partial charge in [0.1, 0.15) is 6.04 Å². The minimum Gasteiger partial charge on any atom is -0.480 e. The Morgan fingerprint density at radius 2 is 1.84 bits per heavy atom. The molecule has 1 aromatic rings. The number of piperazine rings is 1. The first-order valence-electron chi connectivity index (χ1n) is 7.51. The van der Waals surface area contributed by atoms with E-state index in [4.69, 9.17) is 15.0 Å². The van der Waals surface area contributed by atoms with Crippen molar-refractivity contribution in [3.63, 3.8) is 0 Å². The number of hydrogen-bond acceptors (Lipinski definition) is 6. The quantitative estimate of drug-likeness (QED) is 0.800. The topological polar surface area (TPSA) is 94.0 Å². The van der Waals surface area contributed by atoms with E-state index in [0.717, 1.165) is 38.4 Å². The van der Waals surface area contributed by atoms with Gasteiger partial charge < -0.3 is 10.2 Å². The van der Waals surface area contributed by atoms with Gasteiger partial charge in [0.2, 0.25) is 0 Å². The van der Waals surface area contributed by atoms with Gasteiger partial charge in [-0.3, -0.25) is 14.6 Å². The Hall–Kier alpha value is -1.72. The maximum Gasteiger partial charge on any atom is 0.490 e. The summed E-state index contributed by atoms with van der Waals surface area (Å²) in [5, 5.41) is 18.3. The van der Waals surface area contributed by atoms with Crippen molar-refractivity contribution in [3.05, 3.63) is 16.6 Å². The summed E-state index contributed by atoms with van der Waals surface area (Å²) < 4.78 is 31.7. The molecule has 0 bridgehead atoms. The highest BCUT2D eigenvalue weighted by atomic mass is 32.1. The SMILES string of the molecule is CCC(C(=O)O)N1CCN(Cc2cscn2)CC1.O=C(O)C(F)(F)F. The third kappa shape index (κ3) is 7.36. The highest BCUT2D eigenvalue weighted by molar-refractivity contribution is 7.07. The van der Waals surface area contributed by atoms with Crippen molar-refractivity contribution in [2.45, 2.75) is 32.1 Å². The summed E-state index contributed by atoms with van der Waals surface area (Å²) in [7, 11) is 0. The molecule has 0 amide bonds. The molecule has 7 nitrogen and oxygen atoms in total. The molecular formula is C14H20F3N3O4S. The van der Waals surface area contributed by atoms with Crippen LogP contribution in [0.3, 0.4) is 0 Å². The molecule has 2 rings (SSSR count). The maximum absolute atomic E-state index is 11.1. The smallest absolute Gasteiger partial charge is 0.480 e. The predicted molar refractivity (Wildman–Crippen MR) is 84.4 cm³/mol. The lowest BCUT2D eigenvalue weighted by molar-refractivity contribution is -0.192. The molecule has 0 radical (unpaired) electrons. The standard InChI is InChI=1S/C12H19N3O2S.C2HF3O2/c1-2-11(12(16)17)15-5-3-14(4-6-15)7-10-8-18-9-13-10;3-2(4,5)1(6)7/h8-9,11H,2-7H2,1H3,(H,16,17);(H,6,7). The summed E-state index contributed by atoms with van der Waals surface area (Å²) >= 11 is 1.62. The molecule has 0 aliphatic carbocycles. The van der Waals surface area contributed by atoms with Gasteiger partial charge in [-0.1, -0.05) is 6.92 Å². The van der Waals surface area contributed by atoms with Gasteiger partial charge in [0.05, 0.1) is 11.2 Å². The summed E-state index contributed by atoms with van der Waals surface area (Å²) in [5.41, 5.74) is 2.96. The molecule has 2 heterocycles. The van der Waals surface area contributed by atoms with Crippen molar-refractivity contribution in [2.24, 2.45) is 0 Å². The molecular weight excluding hydrogens is 363 g/mol. The van der Waals surface area contributed by atoms with Crippen LogP contribution in [0.2, 0.25) is 0 Å². The fraction of sp³-hybridized carbons (Fsp3) is 0.643. The molecule has 0 saturated carbocycles. The second-order valence-corrected chi connectivity index (χ2v) is 6.08. The van der Waals surface area contributed by atoms with E-state index < -0.39 is 18.1 Å². The number of alkyl halides is 3. The largest absolute Gasteiger partial charge is 0.490 e. The van der Waals surface area contributed by atoms with Crippen molar-refractivity contribution in [1.82, 2.24) is 14.8 Å². The minimum atomic E-state index is -5.08. The van der Waals surface area contributed by atoms with Crippen LogP contribution in [0, 0.1) is 0 Å². The highest BCUT2D eigenvalue weighted by Gasteiger charge is 2.38. The van der Waals surface area contributed by atoms with Gasteiger partial charge in [0.25, 0.3) is 0 Å². The third-order valence-electron chi connectivity index (χ3n) is 3.63. The molecule has 1 fully saturated rings. The van der Waals surface area contributed by atoms with E-state index in [0.29, 0.717) is 6.42 Å². The number of halogens is 3. The zero-order chi connectivity index (χ0) is 19.0. The molecule has 1 aliphatic heterocycles. The van der Waals surface area contributed by atoms with E-state index in [1.807, 2.05) is 12.4 Å². The average molecular weight is 383 g/mol. The van der Waals surface area contributed by atoms with Gasteiger partial charge in [0, 0.05) is 38.1 Å². The number of nitrogens with zero attached hydrogens (tertiary/aromatic N) is 3. The lowest BCUT2D eigenvalue weighted by Crippen LogP contribution is -2.52. The second kappa shape index (κ2) is 9.68. The van der Waals surface area contributed by atoms with Crippen molar-refractivity contribution in [1.29, 1.82) is 0 Å². The Bertz CT molecular complexity index is 546. The number of aliphatic carboxylic acids is 2. The van der Waals surface area contributed by atoms with Gasteiger partial charge >= 0.3 is 18.1 Å². The zero-order valence-electron chi connectivity index (χ0n) is 13.6. The molecule has 25 heavy (non-hydrogen) atoms. The van der Waals surface area contributed by atoms with Crippen LogP contribution in [0.4, 0.5) is 13.2 Å². The summed E-state index contributed by atoms with van der Waals surface area (Å²) in [6, 6.07) is -0.327. The van der Waals surface area contributed by atoms with E-state index in [1.165, 1.54) is 0 Å². The Kier molecular flexibility index (Phi) is 8.26. The van der Waals surface area contributed by atoms with Gasteiger partial charge in [-0.15, -0.1) is 11.3 Å². The molecule has 142 valence electrons. The maximum atomic E-state index is 11.1. The molecule has 11 heteroatoms. The number of thiazole rings is 1. The van der Waals surface area contributed by atoms with Crippen LogP contribution in [-0.2, 0) is 16.1 Å². The van der Waals surface area contributed by atoms with E-state index in [1.54, 1.807) is 11.3 Å². The van der Waals surface area contributed by atoms with Crippen LogP contribution in [0.25, 0.3) is 0 Å². The van der Waals surface area contributed by atoms with E-state index in [2.05, 4.69) is 20.2 Å². The Morgan fingerprint density at radius 3 is 2.20 bits per heavy atom. The van der Waals surface area contributed by atoms with Gasteiger partial charge in [0.15, 0.2) is 0 Å².